The lowest BCUT2D eigenvalue weighted by Crippen LogP contribution is -2.58. The molecule has 2 fully saturated rings. The summed E-state index contributed by atoms with van der Waals surface area (Å²) in [5, 5.41) is 4.34. The molecule has 232 valence electrons. The first-order chi connectivity index (χ1) is 19.5. The Balaban J connectivity index is 1.30. The van der Waals surface area contributed by atoms with Crippen LogP contribution in [0.25, 0.3) is 0 Å². The van der Waals surface area contributed by atoms with Gasteiger partial charge in [0.2, 0.25) is 0 Å². The quantitative estimate of drug-likeness (QED) is 0.228. The first kappa shape index (κ1) is 32.5. The summed E-state index contributed by atoms with van der Waals surface area (Å²) in [7, 11) is 0. The van der Waals surface area contributed by atoms with E-state index >= 15 is 0 Å². The van der Waals surface area contributed by atoms with Gasteiger partial charge in [-0.3, -0.25) is 9.68 Å². The van der Waals surface area contributed by atoms with Crippen molar-refractivity contribution in [3.8, 4) is 11.5 Å². The smallest absolute Gasteiger partial charge is 0.395 e. The van der Waals surface area contributed by atoms with Gasteiger partial charge in [-0.2, -0.15) is 10.1 Å². The number of hydrogen-bond acceptors (Lipinski definition) is 7. The van der Waals surface area contributed by atoms with Crippen LogP contribution < -0.4 is 9.47 Å². The highest BCUT2D eigenvalue weighted by Crippen LogP contribution is 2.42. The summed E-state index contributed by atoms with van der Waals surface area (Å²) in [5.74, 6) is 0.833. The van der Waals surface area contributed by atoms with Gasteiger partial charge in [0, 0.05) is 22.2 Å². The molecule has 4 rings (SSSR count). The summed E-state index contributed by atoms with van der Waals surface area (Å²) in [6.45, 7) is 22.0. The second-order valence-corrected chi connectivity index (χ2v) is 14.6. The van der Waals surface area contributed by atoms with E-state index in [0.717, 1.165) is 36.8 Å². The van der Waals surface area contributed by atoms with Crippen LogP contribution in [0.2, 0.25) is 0 Å². The van der Waals surface area contributed by atoms with Gasteiger partial charge >= 0.3 is 6.16 Å². The van der Waals surface area contributed by atoms with Crippen molar-refractivity contribution in [3.63, 3.8) is 0 Å². The normalized spacial score (nSPS) is 23.1. The average molecular weight is 581 g/mol. The van der Waals surface area contributed by atoms with Crippen molar-refractivity contribution in [3.05, 3.63) is 59.7 Å². The van der Waals surface area contributed by atoms with Gasteiger partial charge in [-0.05, 0) is 143 Å². The Labute approximate surface area is 253 Å². The molecule has 0 radical (unpaired) electrons. The number of nitrogens with zero attached hydrogens (tertiary/aromatic N) is 2. The van der Waals surface area contributed by atoms with E-state index in [9.17, 15) is 4.79 Å². The number of hydrogen-bond donors (Lipinski definition) is 0. The molecular weight excluding hydrogens is 528 g/mol. The topological polar surface area (TPSA) is 60.5 Å². The Morgan fingerprint density at radius 2 is 0.857 bits per heavy atom. The first-order valence-corrected chi connectivity index (χ1v) is 15.5. The fraction of sp³-hybridized carbons (Fsp3) is 0.629. The van der Waals surface area contributed by atoms with E-state index in [1.165, 1.54) is 12.8 Å². The van der Waals surface area contributed by atoms with Crippen LogP contribution in [0.3, 0.4) is 0 Å². The second kappa shape index (κ2) is 12.3. The summed E-state index contributed by atoms with van der Waals surface area (Å²) in [4.78, 5) is 25.5. The van der Waals surface area contributed by atoms with Crippen molar-refractivity contribution in [2.75, 3.05) is 0 Å². The van der Waals surface area contributed by atoms with E-state index in [1.807, 2.05) is 24.3 Å². The Morgan fingerprint density at radius 3 is 1.14 bits per heavy atom. The molecule has 7 heteroatoms. The Hall–Kier alpha value is -2.45. The maximum atomic E-state index is 12.5. The average Bonchev–Trinajstić information content (AvgIpc) is 2.88. The predicted molar refractivity (Wildman–Crippen MR) is 166 cm³/mol. The molecule has 0 amide bonds. The third-order valence-electron chi connectivity index (χ3n) is 8.98. The number of benzene rings is 2. The molecule has 42 heavy (non-hydrogen) atoms. The zero-order chi connectivity index (χ0) is 30.9. The van der Waals surface area contributed by atoms with E-state index in [4.69, 9.17) is 19.1 Å². The Kier molecular flexibility index (Phi) is 9.49. The first-order valence-electron chi connectivity index (χ1n) is 15.5. The Morgan fingerprint density at radius 1 is 0.571 bits per heavy atom. The van der Waals surface area contributed by atoms with Crippen LogP contribution in [0, 0.1) is 0 Å². The van der Waals surface area contributed by atoms with Crippen molar-refractivity contribution < 1.29 is 23.9 Å². The van der Waals surface area contributed by atoms with Crippen LogP contribution in [0.1, 0.15) is 131 Å². The number of piperidine rings is 2. The van der Waals surface area contributed by atoms with Crippen molar-refractivity contribution >= 4 is 6.16 Å². The standard InChI is InChI=1S/C35H52N2O5/c1-25(41-36-32(3,4)21-11-22-33(36,5)6)27-13-17-29(18-14-27)39-31(38)40-30-19-15-28(16-20-30)26(2)42-37-34(7,8)23-12-24-35(37,9)10/h13-20,25-26H,11-12,21-24H2,1-10H3. The summed E-state index contributed by atoms with van der Waals surface area (Å²) < 4.78 is 10.9. The highest BCUT2D eigenvalue weighted by atomic mass is 16.7. The molecule has 0 bridgehead atoms. The number of carbonyl (C=O) groups is 1. The monoisotopic (exact) mass is 580 g/mol. The Bertz CT molecular complexity index is 1080. The van der Waals surface area contributed by atoms with Gasteiger partial charge in [0.15, 0.2) is 0 Å². The van der Waals surface area contributed by atoms with Crippen molar-refractivity contribution in [2.45, 2.75) is 142 Å². The van der Waals surface area contributed by atoms with Gasteiger partial charge in [-0.1, -0.05) is 24.3 Å². The third-order valence-corrected chi connectivity index (χ3v) is 8.98. The van der Waals surface area contributed by atoms with Crippen LogP contribution in [0.15, 0.2) is 48.5 Å². The lowest BCUT2D eigenvalue weighted by Gasteiger charge is -2.52. The van der Waals surface area contributed by atoms with Crippen LogP contribution in [-0.2, 0) is 9.68 Å². The summed E-state index contributed by atoms with van der Waals surface area (Å²) >= 11 is 0. The van der Waals surface area contributed by atoms with Gasteiger partial charge in [-0.25, -0.2) is 4.79 Å². The minimum atomic E-state index is -0.780. The van der Waals surface area contributed by atoms with Gasteiger partial charge in [0.1, 0.15) is 23.7 Å². The van der Waals surface area contributed by atoms with E-state index in [1.54, 1.807) is 24.3 Å². The molecule has 2 aliphatic heterocycles. The maximum absolute atomic E-state index is 12.5. The molecule has 2 aromatic rings. The molecule has 2 unspecified atom stereocenters. The van der Waals surface area contributed by atoms with E-state index in [2.05, 4.69) is 79.4 Å². The third kappa shape index (κ3) is 7.54. The van der Waals surface area contributed by atoms with E-state index in [-0.39, 0.29) is 34.4 Å². The van der Waals surface area contributed by atoms with Gasteiger partial charge in [0.25, 0.3) is 0 Å². The van der Waals surface area contributed by atoms with Gasteiger partial charge in [-0.15, -0.1) is 0 Å². The summed E-state index contributed by atoms with van der Waals surface area (Å²) in [6.07, 6.45) is 5.74. The summed E-state index contributed by atoms with van der Waals surface area (Å²) in [6, 6.07) is 14.8. The van der Waals surface area contributed by atoms with Crippen LogP contribution in [0.5, 0.6) is 11.5 Å². The van der Waals surface area contributed by atoms with E-state index < -0.39 is 6.16 Å². The fourth-order valence-corrected chi connectivity index (χ4v) is 6.79. The minimum absolute atomic E-state index is 0.0345. The molecule has 0 saturated carbocycles. The summed E-state index contributed by atoms with van der Waals surface area (Å²) in [5.41, 5.74) is 1.88. The van der Waals surface area contributed by atoms with Crippen LogP contribution in [0.4, 0.5) is 4.79 Å². The largest absolute Gasteiger partial charge is 0.519 e. The number of rotatable bonds is 8. The van der Waals surface area contributed by atoms with Crippen molar-refractivity contribution in [1.82, 2.24) is 10.1 Å². The number of carbonyl (C=O) groups excluding carboxylic acids is 1. The molecule has 0 N–H and O–H groups in total. The molecule has 0 aromatic heterocycles. The molecule has 2 atom stereocenters. The number of ether oxygens (including phenoxy) is 2. The molecular formula is C35H52N2O5. The zero-order valence-electron chi connectivity index (χ0n) is 27.5. The van der Waals surface area contributed by atoms with Crippen molar-refractivity contribution in [1.29, 1.82) is 0 Å². The minimum Gasteiger partial charge on any atom is -0.395 e. The molecule has 2 aliphatic rings. The van der Waals surface area contributed by atoms with Gasteiger partial charge < -0.3 is 9.47 Å². The number of hydroxylamine groups is 4. The highest BCUT2D eigenvalue weighted by Gasteiger charge is 2.44. The highest BCUT2D eigenvalue weighted by molar-refractivity contribution is 5.67. The van der Waals surface area contributed by atoms with Crippen molar-refractivity contribution in [2.24, 2.45) is 0 Å². The van der Waals surface area contributed by atoms with Crippen LogP contribution in [-0.4, -0.2) is 38.4 Å². The van der Waals surface area contributed by atoms with Crippen LogP contribution >= 0.6 is 0 Å². The lowest BCUT2D eigenvalue weighted by molar-refractivity contribution is -0.304. The lowest BCUT2D eigenvalue weighted by atomic mass is 9.82. The second-order valence-electron chi connectivity index (χ2n) is 14.6. The molecule has 0 aliphatic carbocycles. The molecule has 2 aromatic carbocycles. The molecule has 2 heterocycles. The molecule has 0 spiro atoms. The molecule has 2 saturated heterocycles. The zero-order valence-corrected chi connectivity index (χ0v) is 27.5. The SMILES string of the molecule is CC(ON1C(C)(C)CCCC1(C)C)c1ccc(OC(=O)Oc2ccc(C(C)ON3C(C)(C)CCCC3(C)C)cc2)cc1. The van der Waals surface area contributed by atoms with E-state index in [0.29, 0.717) is 11.5 Å². The van der Waals surface area contributed by atoms with Gasteiger partial charge in [0.05, 0.1) is 0 Å². The fourth-order valence-electron chi connectivity index (χ4n) is 6.79. The molecule has 7 nitrogen and oxygen atoms in total. The predicted octanol–water partition coefficient (Wildman–Crippen LogP) is 9.34. The maximum Gasteiger partial charge on any atom is 0.519 e.